The lowest BCUT2D eigenvalue weighted by molar-refractivity contribution is -0.996. The summed E-state index contributed by atoms with van der Waals surface area (Å²) in [6.45, 7) is 0. The highest BCUT2D eigenvalue weighted by Gasteiger charge is 2.17. The molecule has 10 heteroatoms. The van der Waals surface area contributed by atoms with Gasteiger partial charge in [0.25, 0.3) is 0 Å². The summed E-state index contributed by atoms with van der Waals surface area (Å²) in [6, 6.07) is 20.8. The van der Waals surface area contributed by atoms with Crippen LogP contribution >= 0.6 is 0 Å². The highest BCUT2D eigenvalue weighted by molar-refractivity contribution is 5.94. The van der Waals surface area contributed by atoms with Crippen molar-refractivity contribution in [2.45, 2.75) is 0 Å². The van der Waals surface area contributed by atoms with Gasteiger partial charge in [-0.25, -0.2) is 10.4 Å². The molecular formula is C20H20N6O4. The van der Waals surface area contributed by atoms with Crippen LogP contribution in [0.5, 0.6) is 0 Å². The minimum absolute atomic E-state index is 0.181. The van der Waals surface area contributed by atoms with Crippen molar-refractivity contribution in [1.29, 1.82) is 0 Å². The van der Waals surface area contributed by atoms with Crippen LogP contribution in [0.3, 0.4) is 0 Å². The van der Waals surface area contributed by atoms with E-state index in [-0.39, 0.29) is 22.5 Å². The van der Waals surface area contributed by atoms with Crippen LogP contribution in [0.2, 0.25) is 0 Å². The number of nitrogens with zero attached hydrogens (tertiary/aromatic N) is 2. The molecule has 0 fully saturated rings. The monoisotopic (exact) mass is 408 g/mol. The molecule has 2 unspecified atom stereocenters. The van der Waals surface area contributed by atoms with Crippen LogP contribution < -0.4 is 21.3 Å². The Bertz CT molecular complexity index is 932. The fourth-order valence-corrected chi connectivity index (χ4v) is 2.60. The van der Waals surface area contributed by atoms with Gasteiger partial charge in [0, 0.05) is 0 Å². The number of nitrogens with one attached hydrogen (secondary N) is 4. The van der Waals surface area contributed by atoms with E-state index in [2.05, 4.69) is 21.1 Å². The molecule has 0 spiro atoms. The van der Waals surface area contributed by atoms with Crippen molar-refractivity contribution in [2.24, 2.45) is 10.2 Å². The predicted molar refractivity (Wildman–Crippen MR) is 113 cm³/mol. The molecule has 0 aliphatic heterocycles. The Labute approximate surface area is 172 Å². The zero-order valence-corrected chi connectivity index (χ0v) is 15.7. The Hall–Kier alpha value is -3.64. The average Bonchev–Trinajstić information content (AvgIpc) is 2.75. The van der Waals surface area contributed by atoms with Gasteiger partial charge in [0.1, 0.15) is 0 Å². The first-order valence-corrected chi connectivity index (χ1v) is 8.87. The Morgan fingerprint density at radius 1 is 0.667 bits per heavy atom. The van der Waals surface area contributed by atoms with Gasteiger partial charge < -0.3 is 10.4 Å². The lowest BCUT2D eigenvalue weighted by Gasteiger charge is -2.19. The zero-order chi connectivity index (χ0) is 21.3. The SMILES string of the molecule is [O-][NH+](O)c1cc([NH+]([O-])O)c(C=NNc2ccccc2)cc1C=NNc1ccccc1. The van der Waals surface area contributed by atoms with Crippen molar-refractivity contribution >= 4 is 35.2 Å². The fourth-order valence-electron chi connectivity index (χ4n) is 2.60. The van der Waals surface area contributed by atoms with Gasteiger partial charge in [-0.15, -0.1) is 0 Å². The Morgan fingerprint density at radius 3 is 1.43 bits per heavy atom. The molecule has 3 rings (SSSR count). The number of benzene rings is 3. The topological polar surface area (TPSA) is 144 Å². The second kappa shape index (κ2) is 10.2. The normalized spacial score (nSPS) is 13.5. The summed E-state index contributed by atoms with van der Waals surface area (Å²) in [7, 11) is 0. The molecule has 0 amide bonds. The van der Waals surface area contributed by atoms with Crippen LogP contribution in [0.15, 0.2) is 83.0 Å². The van der Waals surface area contributed by atoms with Gasteiger partial charge in [-0.3, -0.25) is 10.9 Å². The summed E-state index contributed by atoms with van der Waals surface area (Å²) in [5, 5.41) is 47.8. The zero-order valence-electron chi connectivity index (χ0n) is 15.7. The predicted octanol–water partition coefficient (Wildman–Crippen LogP) is 1.39. The van der Waals surface area contributed by atoms with Crippen LogP contribution in [0.4, 0.5) is 22.7 Å². The van der Waals surface area contributed by atoms with Crippen LogP contribution in [0.1, 0.15) is 11.1 Å². The van der Waals surface area contributed by atoms with E-state index in [9.17, 15) is 20.8 Å². The van der Waals surface area contributed by atoms with E-state index in [1.54, 1.807) is 24.3 Å². The van der Waals surface area contributed by atoms with Gasteiger partial charge in [0.15, 0.2) is 11.4 Å². The van der Waals surface area contributed by atoms with Crippen LogP contribution in [-0.4, -0.2) is 22.8 Å². The largest absolute Gasteiger partial charge is 0.595 e. The van der Waals surface area contributed by atoms with Crippen molar-refractivity contribution < 1.29 is 20.9 Å². The highest BCUT2D eigenvalue weighted by Crippen LogP contribution is 2.19. The van der Waals surface area contributed by atoms with Gasteiger partial charge in [-0.05, 0) is 30.3 Å². The van der Waals surface area contributed by atoms with Crippen LogP contribution in [-0.2, 0) is 0 Å². The van der Waals surface area contributed by atoms with Gasteiger partial charge >= 0.3 is 0 Å². The molecule has 154 valence electrons. The van der Waals surface area contributed by atoms with Crippen molar-refractivity contribution in [3.05, 3.63) is 94.3 Å². The molecule has 0 radical (unpaired) electrons. The molecule has 3 aromatic carbocycles. The van der Waals surface area contributed by atoms with E-state index in [0.29, 0.717) is 0 Å². The third-order valence-electron chi connectivity index (χ3n) is 4.02. The van der Waals surface area contributed by atoms with Crippen molar-refractivity contribution in [3.8, 4) is 0 Å². The molecule has 30 heavy (non-hydrogen) atoms. The molecule has 2 atom stereocenters. The third-order valence-corrected chi connectivity index (χ3v) is 4.02. The van der Waals surface area contributed by atoms with Crippen LogP contribution in [0.25, 0.3) is 0 Å². The Morgan fingerprint density at radius 2 is 1.07 bits per heavy atom. The minimum atomic E-state index is -1.26. The molecule has 10 nitrogen and oxygen atoms in total. The molecule has 0 aliphatic carbocycles. The second-order valence-corrected chi connectivity index (χ2v) is 6.11. The molecule has 0 saturated carbocycles. The van der Waals surface area contributed by atoms with E-state index in [1.165, 1.54) is 18.5 Å². The average molecular weight is 408 g/mol. The smallest absolute Gasteiger partial charge is 0.178 e. The number of rotatable bonds is 8. The standard InChI is InChI=1S/C20H20N6O4/c27-25(28)19-12-20(26(29)30)16(14-22-24-18-9-5-2-6-10-18)11-15(19)13-21-23-17-7-3-1-4-8-17/h1-14,23-27,29H. The van der Waals surface area contributed by atoms with Gasteiger partial charge in [-0.2, -0.15) is 20.7 Å². The first-order valence-electron chi connectivity index (χ1n) is 8.87. The molecule has 0 aliphatic rings. The second-order valence-electron chi connectivity index (χ2n) is 6.11. The van der Waals surface area contributed by atoms with Crippen molar-refractivity contribution in [2.75, 3.05) is 10.9 Å². The molecule has 3 aromatic rings. The summed E-state index contributed by atoms with van der Waals surface area (Å²) in [6.07, 6.45) is 2.65. The number of hydrazone groups is 2. The molecule has 0 heterocycles. The van der Waals surface area contributed by atoms with E-state index in [0.717, 1.165) is 17.4 Å². The maximum atomic E-state index is 11.6. The van der Waals surface area contributed by atoms with E-state index in [4.69, 9.17) is 0 Å². The Kier molecular flexibility index (Phi) is 7.19. The Balaban J connectivity index is 1.89. The van der Waals surface area contributed by atoms with Gasteiger partial charge in [0.2, 0.25) is 0 Å². The highest BCUT2D eigenvalue weighted by atomic mass is 16.8. The van der Waals surface area contributed by atoms with Crippen LogP contribution in [0, 0.1) is 10.4 Å². The van der Waals surface area contributed by atoms with E-state index >= 15 is 0 Å². The van der Waals surface area contributed by atoms with Gasteiger partial charge in [0.05, 0.1) is 41.0 Å². The summed E-state index contributed by atoms with van der Waals surface area (Å²) in [5.74, 6) is 0. The van der Waals surface area contributed by atoms with Crippen molar-refractivity contribution in [3.63, 3.8) is 0 Å². The molecule has 6 N–H and O–H groups in total. The number of hydrogen-bond acceptors (Lipinski definition) is 8. The fraction of sp³-hybridized carbons (Fsp3) is 0. The number of quaternary nitrogens is 2. The van der Waals surface area contributed by atoms with E-state index < -0.39 is 10.5 Å². The summed E-state index contributed by atoms with van der Waals surface area (Å²) in [5.41, 5.74) is 7.14. The molecular weight excluding hydrogens is 388 g/mol. The molecule has 0 aromatic heterocycles. The third kappa shape index (κ3) is 5.68. The lowest BCUT2D eigenvalue weighted by Crippen LogP contribution is -3.01. The quantitative estimate of drug-likeness (QED) is 0.245. The molecule has 0 bridgehead atoms. The summed E-state index contributed by atoms with van der Waals surface area (Å²) < 4.78 is 0. The van der Waals surface area contributed by atoms with Crippen molar-refractivity contribution in [1.82, 2.24) is 0 Å². The molecule has 0 saturated heterocycles. The maximum Gasteiger partial charge on any atom is 0.178 e. The summed E-state index contributed by atoms with van der Waals surface area (Å²) >= 11 is 0. The number of para-hydroxylation sites is 2. The number of anilines is 2. The first kappa shape index (κ1) is 21.1. The lowest BCUT2D eigenvalue weighted by atomic mass is 10.1. The first-order chi connectivity index (χ1) is 14.5. The minimum Gasteiger partial charge on any atom is -0.595 e. The summed E-state index contributed by atoms with van der Waals surface area (Å²) in [4.78, 5) is 0. The number of hydrogen-bond donors (Lipinski definition) is 6. The van der Waals surface area contributed by atoms with Gasteiger partial charge in [-0.1, -0.05) is 36.4 Å². The van der Waals surface area contributed by atoms with E-state index in [1.807, 2.05) is 36.4 Å². The maximum absolute atomic E-state index is 11.6.